The fraction of sp³-hybridized carbons (Fsp3) is 0.455. The summed E-state index contributed by atoms with van der Waals surface area (Å²) in [5.74, 6) is 0.708. The van der Waals surface area contributed by atoms with Crippen LogP contribution in [0.25, 0.3) is 0 Å². The average Bonchev–Trinajstić information content (AvgIpc) is 2.62. The van der Waals surface area contributed by atoms with Crippen molar-refractivity contribution in [3.8, 4) is 0 Å². The van der Waals surface area contributed by atoms with Crippen molar-refractivity contribution in [3.05, 3.63) is 71.8 Å². The lowest BCUT2D eigenvalue weighted by molar-refractivity contribution is 0.0977. The molecule has 122 valence electrons. The number of benzene rings is 2. The first kappa shape index (κ1) is 16.3. The van der Waals surface area contributed by atoms with Crippen molar-refractivity contribution >= 4 is 0 Å². The Kier molecular flexibility index (Phi) is 5.17. The highest BCUT2D eigenvalue weighted by molar-refractivity contribution is 5.27. The molecular formula is C22H29N. The minimum absolute atomic E-state index is 0.366. The lowest BCUT2D eigenvalue weighted by atomic mass is 9.65. The van der Waals surface area contributed by atoms with Gasteiger partial charge >= 0.3 is 0 Å². The minimum Gasteiger partial charge on any atom is -0.303 e. The second-order valence-corrected chi connectivity index (χ2v) is 7.06. The monoisotopic (exact) mass is 307 g/mol. The fourth-order valence-corrected chi connectivity index (χ4v) is 4.32. The van der Waals surface area contributed by atoms with E-state index in [2.05, 4.69) is 79.4 Å². The van der Waals surface area contributed by atoms with E-state index < -0.39 is 0 Å². The maximum Gasteiger partial charge on any atom is 0.00219 e. The molecule has 1 heterocycles. The first-order chi connectivity index (χ1) is 11.2. The molecule has 1 aliphatic heterocycles. The smallest absolute Gasteiger partial charge is 0.00219 e. The van der Waals surface area contributed by atoms with Crippen molar-refractivity contribution in [2.75, 3.05) is 19.6 Å². The van der Waals surface area contributed by atoms with Crippen LogP contribution in [-0.2, 0) is 11.8 Å². The number of piperidine rings is 1. The first-order valence-electron chi connectivity index (χ1n) is 9.06. The molecule has 0 bridgehead atoms. The molecule has 0 aliphatic carbocycles. The average molecular weight is 307 g/mol. The summed E-state index contributed by atoms with van der Waals surface area (Å²) in [6.45, 7) is 8.44. The number of rotatable bonds is 5. The van der Waals surface area contributed by atoms with Gasteiger partial charge in [-0.05, 0) is 42.9 Å². The second-order valence-electron chi connectivity index (χ2n) is 7.06. The molecule has 0 N–H and O–H groups in total. The number of hydrogen-bond acceptors (Lipinski definition) is 1. The Bertz CT molecular complexity index is 592. The zero-order chi connectivity index (χ0) is 16.1. The summed E-state index contributed by atoms with van der Waals surface area (Å²) < 4.78 is 0. The van der Waals surface area contributed by atoms with Crippen molar-refractivity contribution in [1.29, 1.82) is 0 Å². The third kappa shape index (κ3) is 3.50. The molecular weight excluding hydrogens is 278 g/mol. The van der Waals surface area contributed by atoms with Gasteiger partial charge in [-0.2, -0.15) is 0 Å². The van der Waals surface area contributed by atoms with E-state index in [9.17, 15) is 0 Å². The van der Waals surface area contributed by atoms with Gasteiger partial charge in [0.05, 0.1) is 0 Å². The molecule has 0 amide bonds. The summed E-state index contributed by atoms with van der Waals surface area (Å²) >= 11 is 0. The molecule has 0 saturated carbocycles. The van der Waals surface area contributed by atoms with E-state index in [1.54, 1.807) is 0 Å². The molecule has 2 aromatic carbocycles. The standard InChI is InChI=1S/C22H29N/c1-3-22(21-12-8-5-9-13-21)15-17-23(18-19(22)2)16-14-20-10-6-4-7-11-20/h4-13,19H,3,14-18H2,1-2H3/t19-,22-/m0/s1. The van der Waals surface area contributed by atoms with Gasteiger partial charge in [-0.25, -0.2) is 0 Å². The zero-order valence-electron chi connectivity index (χ0n) is 14.5. The summed E-state index contributed by atoms with van der Waals surface area (Å²) in [7, 11) is 0. The van der Waals surface area contributed by atoms with Crippen LogP contribution in [-0.4, -0.2) is 24.5 Å². The van der Waals surface area contributed by atoms with Crippen LogP contribution in [0.2, 0.25) is 0 Å². The van der Waals surface area contributed by atoms with Gasteiger partial charge in [0, 0.05) is 18.5 Å². The van der Waals surface area contributed by atoms with Crippen molar-refractivity contribution in [1.82, 2.24) is 4.90 Å². The summed E-state index contributed by atoms with van der Waals surface area (Å²) in [5, 5.41) is 0. The molecule has 0 radical (unpaired) electrons. The predicted molar refractivity (Wildman–Crippen MR) is 98.8 cm³/mol. The zero-order valence-corrected chi connectivity index (χ0v) is 14.5. The van der Waals surface area contributed by atoms with Gasteiger partial charge in [-0.3, -0.25) is 0 Å². The normalized spacial score (nSPS) is 25.4. The van der Waals surface area contributed by atoms with E-state index in [1.165, 1.54) is 43.6 Å². The highest BCUT2D eigenvalue weighted by Gasteiger charge is 2.40. The van der Waals surface area contributed by atoms with Crippen molar-refractivity contribution < 1.29 is 0 Å². The number of hydrogen-bond donors (Lipinski definition) is 0. The highest BCUT2D eigenvalue weighted by Crippen LogP contribution is 2.42. The maximum absolute atomic E-state index is 2.66. The Labute approximate surface area is 141 Å². The SMILES string of the molecule is CC[C@]1(c2ccccc2)CCN(CCc2ccccc2)C[C@@H]1C. The van der Waals surface area contributed by atoms with Crippen LogP contribution >= 0.6 is 0 Å². The lowest BCUT2D eigenvalue weighted by Gasteiger charge is -2.47. The number of nitrogens with zero attached hydrogens (tertiary/aromatic N) is 1. The Morgan fingerprint density at radius 1 is 1.00 bits per heavy atom. The van der Waals surface area contributed by atoms with Crippen LogP contribution in [0.15, 0.2) is 60.7 Å². The van der Waals surface area contributed by atoms with Gasteiger partial charge in [-0.1, -0.05) is 74.5 Å². The lowest BCUT2D eigenvalue weighted by Crippen LogP contribution is -2.49. The van der Waals surface area contributed by atoms with E-state index in [-0.39, 0.29) is 0 Å². The van der Waals surface area contributed by atoms with Crippen molar-refractivity contribution in [2.24, 2.45) is 5.92 Å². The molecule has 0 unspecified atom stereocenters. The fourth-order valence-electron chi connectivity index (χ4n) is 4.32. The van der Waals surface area contributed by atoms with Crippen LogP contribution in [0.5, 0.6) is 0 Å². The molecule has 3 rings (SSSR count). The molecule has 1 saturated heterocycles. The molecule has 1 aliphatic rings. The van der Waals surface area contributed by atoms with Crippen molar-refractivity contribution in [2.45, 2.75) is 38.5 Å². The van der Waals surface area contributed by atoms with Gasteiger partial charge < -0.3 is 4.90 Å². The topological polar surface area (TPSA) is 3.24 Å². The summed E-state index contributed by atoms with van der Waals surface area (Å²) in [6, 6.07) is 22.1. The second kappa shape index (κ2) is 7.31. The van der Waals surface area contributed by atoms with Crippen LogP contribution in [0.3, 0.4) is 0 Å². The first-order valence-corrected chi connectivity index (χ1v) is 9.06. The quantitative estimate of drug-likeness (QED) is 0.758. The molecule has 0 aromatic heterocycles. The van der Waals surface area contributed by atoms with Gasteiger partial charge in [-0.15, -0.1) is 0 Å². The molecule has 1 fully saturated rings. The maximum atomic E-state index is 2.66. The van der Waals surface area contributed by atoms with Gasteiger partial charge in [0.15, 0.2) is 0 Å². The molecule has 1 heteroatoms. The summed E-state index contributed by atoms with van der Waals surface area (Å²) in [5.41, 5.74) is 3.36. The van der Waals surface area contributed by atoms with Crippen LogP contribution in [0, 0.1) is 5.92 Å². The molecule has 1 nitrogen and oxygen atoms in total. The van der Waals surface area contributed by atoms with Gasteiger partial charge in [0.25, 0.3) is 0 Å². The van der Waals surface area contributed by atoms with E-state index in [0.717, 1.165) is 6.42 Å². The van der Waals surface area contributed by atoms with Gasteiger partial charge in [0.2, 0.25) is 0 Å². The minimum atomic E-state index is 0.366. The third-order valence-electron chi connectivity index (χ3n) is 5.89. The summed E-state index contributed by atoms with van der Waals surface area (Å²) in [6.07, 6.45) is 3.69. The van der Waals surface area contributed by atoms with Crippen LogP contribution in [0.4, 0.5) is 0 Å². The van der Waals surface area contributed by atoms with E-state index in [1.807, 2.05) is 0 Å². The third-order valence-corrected chi connectivity index (χ3v) is 5.89. The summed E-state index contributed by atoms with van der Waals surface area (Å²) in [4.78, 5) is 2.66. The Morgan fingerprint density at radius 2 is 1.65 bits per heavy atom. The molecule has 2 atom stereocenters. The van der Waals surface area contributed by atoms with E-state index in [4.69, 9.17) is 0 Å². The highest BCUT2D eigenvalue weighted by atomic mass is 15.1. The number of likely N-dealkylation sites (tertiary alicyclic amines) is 1. The van der Waals surface area contributed by atoms with Gasteiger partial charge in [0.1, 0.15) is 0 Å². The Morgan fingerprint density at radius 3 is 2.26 bits per heavy atom. The molecule has 0 spiro atoms. The van der Waals surface area contributed by atoms with Crippen molar-refractivity contribution in [3.63, 3.8) is 0 Å². The molecule has 2 aromatic rings. The van der Waals surface area contributed by atoms with E-state index in [0.29, 0.717) is 11.3 Å². The Hall–Kier alpha value is -1.60. The largest absolute Gasteiger partial charge is 0.303 e. The van der Waals surface area contributed by atoms with Crippen LogP contribution < -0.4 is 0 Å². The molecule has 23 heavy (non-hydrogen) atoms. The predicted octanol–water partition coefficient (Wildman–Crippen LogP) is 4.92. The van der Waals surface area contributed by atoms with E-state index >= 15 is 0 Å². The Balaban J connectivity index is 1.64. The van der Waals surface area contributed by atoms with Crippen LogP contribution in [0.1, 0.15) is 37.8 Å².